The first kappa shape index (κ1) is 17.5. The third-order valence-electron chi connectivity index (χ3n) is 4.02. The van der Waals surface area contributed by atoms with Crippen LogP contribution in [0.1, 0.15) is 21.7 Å². The highest BCUT2D eigenvalue weighted by molar-refractivity contribution is 6.36. The number of aryl methyl sites for hydroxylation is 1. The molecule has 3 rings (SSSR count). The highest BCUT2D eigenvalue weighted by atomic mass is 35.5. The number of benzene rings is 1. The van der Waals surface area contributed by atoms with Crippen molar-refractivity contribution in [1.82, 2.24) is 19.8 Å². The first-order chi connectivity index (χ1) is 11.9. The van der Waals surface area contributed by atoms with Crippen LogP contribution < -0.4 is 0 Å². The summed E-state index contributed by atoms with van der Waals surface area (Å²) in [5, 5.41) is 9.01. The average molecular weight is 379 g/mol. The van der Waals surface area contributed by atoms with E-state index >= 15 is 0 Å². The van der Waals surface area contributed by atoms with E-state index in [2.05, 4.69) is 10.3 Å². The first-order valence-corrected chi connectivity index (χ1v) is 8.27. The molecule has 0 radical (unpaired) electrons. The van der Waals surface area contributed by atoms with Crippen molar-refractivity contribution in [3.63, 3.8) is 0 Å². The van der Waals surface area contributed by atoms with Crippen molar-refractivity contribution in [2.24, 2.45) is 7.05 Å². The summed E-state index contributed by atoms with van der Waals surface area (Å²) in [5.74, 6) is 0.166. The maximum absolute atomic E-state index is 12.6. The Labute approximate surface area is 154 Å². The molecule has 6 nitrogen and oxygen atoms in total. The third-order valence-corrected chi connectivity index (χ3v) is 4.56. The maximum Gasteiger partial charge on any atom is 0.276 e. The Bertz CT molecular complexity index is 933. The molecule has 0 aliphatic heterocycles. The summed E-state index contributed by atoms with van der Waals surface area (Å²) < 4.78 is 7.05. The average Bonchev–Trinajstić information content (AvgIpc) is 3.17. The molecule has 130 valence electrons. The summed E-state index contributed by atoms with van der Waals surface area (Å²) in [4.78, 5) is 14.1. The molecule has 0 saturated heterocycles. The number of carbonyl (C=O) groups excluding carboxylic acids is 1. The third kappa shape index (κ3) is 3.55. The van der Waals surface area contributed by atoms with Crippen LogP contribution in [0.2, 0.25) is 10.0 Å². The van der Waals surface area contributed by atoms with Crippen LogP contribution in [0.5, 0.6) is 0 Å². The van der Waals surface area contributed by atoms with Crippen LogP contribution in [0.3, 0.4) is 0 Å². The Morgan fingerprint density at radius 2 is 2.08 bits per heavy atom. The molecule has 0 aliphatic rings. The zero-order valence-electron chi connectivity index (χ0n) is 14.0. The highest BCUT2D eigenvalue weighted by Gasteiger charge is 2.20. The molecule has 0 spiro atoms. The zero-order valence-corrected chi connectivity index (χ0v) is 15.5. The lowest BCUT2D eigenvalue weighted by Crippen LogP contribution is -2.26. The normalized spacial score (nSPS) is 10.9. The lowest BCUT2D eigenvalue weighted by molar-refractivity contribution is 0.0774. The number of hydrogen-bond acceptors (Lipinski definition) is 4. The van der Waals surface area contributed by atoms with Crippen molar-refractivity contribution in [1.29, 1.82) is 0 Å². The smallest absolute Gasteiger partial charge is 0.276 e. The van der Waals surface area contributed by atoms with E-state index in [1.807, 2.05) is 14.0 Å². The van der Waals surface area contributed by atoms with Gasteiger partial charge in [0, 0.05) is 48.5 Å². The molecule has 8 heteroatoms. The second kappa shape index (κ2) is 6.90. The van der Waals surface area contributed by atoms with E-state index < -0.39 is 0 Å². The minimum absolute atomic E-state index is 0.213. The molecule has 0 N–H and O–H groups in total. The van der Waals surface area contributed by atoms with Gasteiger partial charge in [0.1, 0.15) is 0 Å². The Morgan fingerprint density at radius 1 is 1.32 bits per heavy atom. The van der Waals surface area contributed by atoms with Crippen molar-refractivity contribution in [2.75, 3.05) is 7.05 Å². The molecule has 0 saturated carbocycles. The highest BCUT2D eigenvalue weighted by Crippen LogP contribution is 2.30. The fraction of sp³-hybridized carbons (Fsp3) is 0.235. The molecule has 25 heavy (non-hydrogen) atoms. The van der Waals surface area contributed by atoms with Gasteiger partial charge in [-0.2, -0.15) is 5.10 Å². The van der Waals surface area contributed by atoms with Gasteiger partial charge in [-0.1, -0.05) is 28.4 Å². The molecule has 2 heterocycles. The number of carbonyl (C=O) groups is 1. The lowest BCUT2D eigenvalue weighted by Gasteiger charge is -2.15. The number of aromatic nitrogens is 3. The van der Waals surface area contributed by atoms with Gasteiger partial charge < -0.3 is 9.42 Å². The van der Waals surface area contributed by atoms with E-state index in [4.69, 9.17) is 27.7 Å². The second-order valence-corrected chi connectivity index (χ2v) is 6.58. The number of rotatable bonds is 4. The van der Waals surface area contributed by atoms with E-state index in [9.17, 15) is 4.79 Å². The summed E-state index contributed by atoms with van der Waals surface area (Å²) in [6.07, 6.45) is 1.75. The Morgan fingerprint density at radius 3 is 2.72 bits per heavy atom. The van der Waals surface area contributed by atoms with Gasteiger partial charge in [0.15, 0.2) is 11.5 Å². The molecule has 1 amide bonds. The number of halogens is 2. The van der Waals surface area contributed by atoms with Gasteiger partial charge >= 0.3 is 0 Å². The Kier molecular flexibility index (Phi) is 4.83. The topological polar surface area (TPSA) is 64.2 Å². The minimum atomic E-state index is -0.247. The zero-order chi connectivity index (χ0) is 18.1. The quantitative estimate of drug-likeness (QED) is 0.688. The predicted molar refractivity (Wildman–Crippen MR) is 95.7 cm³/mol. The standard InChI is InChI=1S/C17H16Cl2N4O2/c1-10-11(8-20-23(10)3)9-22(2)17(24)15-7-16(25-21-15)13-5-4-12(18)6-14(13)19/h4-8H,9H2,1-3H3. The summed E-state index contributed by atoms with van der Waals surface area (Å²) in [6.45, 7) is 2.39. The van der Waals surface area contributed by atoms with Crippen LogP contribution in [0.25, 0.3) is 11.3 Å². The SMILES string of the molecule is Cc1c(CN(C)C(=O)c2cc(-c3ccc(Cl)cc3Cl)on2)cnn1C. The van der Waals surface area contributed by atoms with Crippen molar-refractivity contribution in [3.8, 4) is 11.3 Å². The molecular formula is C17H16Cl2N4O2. The van der Waals surface area contributed by atoms with E-state index in [-0.39, 0.29) is 11.6 Å². The minimum Gasteiger partial charge on any atom is -0.355 e. The molecule has 2 aromatic heterocycles. The van der Waals surface area contributed by atoms with Gasteiger partial charge in [-0.15, -0.1) is 0 Å². The molecule has 0 aliphatic carbocycles. The lowest BCUT2D eigenvalue weighted by atomic mass is 10.1. The molecule has 0 bridgehead atoms. The van der Waals surface area contributed by atoms with Crippen molar-refractivity contribution >= 4 is 29.1 Å². The van der Waals surface area contributed by atoms with Crippen LogP contribution in [-0.4, -0.2) is 32.8 Å². The van der Waals surface area contributed by atoms with Crippen LogP contribution in [0, 0.1) is 6.92 Å². The Hall–Kier alpha value is -2.31. The molecule has 1 aromatic carbocycles. The number of hydrogen-bond donors (Lipinski definition) is 0. The van der Waals surface area contributed by atoms with E-state index in [1.54, 1.807) is 47.1 Å². The Balaban J connectivity index is 1.79. The predicted octanol–water partition coefficient (Wildman–Crippen LogP) is 3.96. The van der Waals surface area contributed by atoms with Crippen molar-refractivity contribution in [3.05, 3.63) is 57.5 Å². The van der Waals surface area contributed by atoms with Crippen LogP contribution in [-0.2, 0) is 13.6 Å². The van der Waals surface area contributed by atoms with Gasteiger partial charge in [0.05, 0.1) is 11.2 Å². The van der Waals surface area contributed by atoms with E-state index in [1.165, 1.54) is 0 Å². The van der Waals surface area contributed by atoms with Crippen LogP contribution in [0.15, 0.2) is 35.0 Å². The number of amides is 1. The maximum atomic E-state index is 12.6. The van der Waals surface area contributed by atoms with Crippen LogP contribution >= 0.6 is 23.2 Å². The molecule has 3 aromatic rings. The van der Waals surface area contributed by atoms with Crippen LogP contribution in [0.4, 0.5) is 0 Å². The monoisotopic (exact) mass is 378 g/mol. The van der Waals surface area contributed by atoms with Crippen molar-refractivity contribution in [2.45, 2.75) is 13.5 Å². The summed E-state index contributed by atoms with van der Waals surface area (Å²) in [5.41, 5.74) is 2.82. The molecular weight excluding hydrogens is 363 g/mol. The van der Waals surface area contributed by atoms with E-state index in [0.29, 0.717) is 27.9 Å². The van der Waals surface area contributed by atoms with Gasteiger partial charge in [-0.25, -0.2) is 0 Å². The summed E-state index contributed by atoms with van der Waals surface area (Å²) >= 11 is 12.1. The number of nitrogens with zero attached hydrogens (tertiary/aromatic N) is 4. The first-order valence-electron chi connectivity index (χ1n) is 7.52. The fourth-order valence-electron chi connectivity index (χ4n) is 2.41. The van der Waals surface area contributed by atoms with Crippen molar-refractivity contribution < 1.29 is 9.32 Å². The summed E-state index contributed by atoms with van der Waals surface area (Å²) in [7, 11) is 3.57. The molecule has 0 fully saturated rings. The molecule has 0 atom stereocenters. The van der Waals surface area contributed by atoms with Gasteiger partial charge in [0.2, 0.25) is 0 Å². The summed E-state index contributed by atoms with van der Waals surface area (Å²) in [6, 6.07) is 6.61. The fourth-order valence-corrected chi connectivity index (χ4v) is 2.92. The largest absolute Gasteiger partial charge is 0.355 e. The van der Waals surface area contributed by atoms with Gasteiger partial charge in [0.25, 0.3) is 5.91 Å². The van der Waals surface area contributed by atoms with Gasteiger partial charge in [-0.3, -0.25) is 9.48 Å². The van der Waals surface area contributed by atoms with E-state index in [0.717, 1.165) is 11.3 Å². The van der Waals surface area contributed by atoms with Gasteiger partial charge in [-0.05, 0) is 25.1 Å². The second-order valence-electron chi connectivity index (χ2n) is 5.74. The molecule has 0 unspecified atom stereocenters.